The zero-order valence-electron chi connectivity index (χ0n) is 75.9. The van der Waals surface area contributed by atoms with Crippen molar-refractivity contribution >= 4 is 33.6 Å². The Labute approximate surface area is 737 Å². The highest BCUT2D eigenvalue weighted by Crippen LogP contribution is 2.45. The first kappa shape index (κ1) is 115. The number of carbonyl (C=O) groups excluding carboxylic acids is 3. The van der Waals surface area contributed by atoms with Gasteiger partial charge in [-0.05, 0) is 167 Å². The third kappa shape index (κ3) is 94.6. The standard InChI is InChI=1S/C103H170O16P2/c1-4-7-10-13-16-19-22-25-28-31-34-37-40-42-44-45-46-47-48-49-50-51-53-55-57-59-62-65-68-71-74-77-80-83-86-89-101(106)113-92-98(104)93-115-120(109,110)116-94-99(105)95-117-121(111,112)118-97-100(119-103(108)91-88-85-82-79-76-73-70-67-64-61-56-39-36-33-30-27-24-21-18-15-12-9-6-3)96-114-102(107)90-87-84-81-78-75-72-69-66-63-60-58-54-52-43-41-38-35-32-29-26-23-20-17-14-11-8-5-2/h7-12,16-21,25-30,34-39,42-44,46-47,52,58,60-61,64,98-100,104-105H,4-6,13-15,22-24,31-33,40-41,45,48-51,53-57,59,62-63,65-97H2,1-3H3,(H,109,110)(H,111,112)/b10-7-,11-8-,12-9-,19-16-,20-17-,21-18-,28-25-,29-26-,30-27-,37-34-,38-35-,39-36-,44-42-,47-46-,52-43-,60-58-,64-61-. The van der Waals surface area contributed by atoms with Gasteiger partial charge in [0.2, 0.25) is 0 Å². The molecule has 0 aromatic carbocycles. The largest absolute Gasteiger partial charge is 0.472 e. The van der Waals surface area contributed by atoms with Crippen LogP contribution in [0.5, 0.6) is 0 Å². The van der Waals surface area contributed by atoms with E-state index in [0.717, 1.165) is 218 Å². The molecule has 0 aromatic heterocycles. The lowest BCUT2D eigenvalue weighted by molar-refractivity contribution is -0.161. The first-order valence-corrected chi connectivity index (χ1v) is 50.4. The lowest BCUT2D eigenvalue weighted by Crippen LogP contribution is -2.30. The number of aliphatic hydroxyl groups excluding tert-OH is 2. The molecule has 16 nitrogen and oxygen atoms in total. The molecule has 5 unspecified atom stereocenters. The molecule has 0 rings (SSSR count). The molecule has 121 heavy (non-hydrogen) atoms. The van der Waals surface area contributed by atoms with Crippen LogP contribution in [0, 0.1) is 0 Å². The predicted octanol–water partition coefficient (Wildman–Crippen LogP) is 29.6. The molecule has 0 heterocycles. The number of unbranched alkanes of at least 4 members (excludes halogenated alkanes) is 31. The van der Waals surface area contributed by atoms with E-state index in [1.54, 1.807) is 0 Å². The number of phosphoric acid groups is 2. The molecular weight excluding hydrogens is 1560 g/mol. The Morgan fingerprint density at radius 2 is 0.413 bits per heavy atom. The maximum absolute atomic E-state index is 13.1. The van der Waals surface area contributed by atoms with Crippen LogP contribution in [0.3, 0.4) is 0 Å². The molecule has 0 bridgehead atoms. The summed E-state index contributed by atoms with van der Waals surface area (Å²) in [4.78, 5) is 59.1. The van der Waals surface area contributed by atoms with Gasteiger partial charge in [0.15, 0.2) is 6.10 Å². The van der Waals surface area contributed by atoms with Gasteiger partial charge in [0.05, 0.1) is 26.4 Å². The SMILES string of the molecule is CC/C=C\C/C=C\C/C=C\C/C=C\C/C=C\C/C=C\CCCCCCCCCCCCCCCCCCC(=O)OCC(O)COP(=O)(O)OCC(O)COP(=O)(O)OCC(COC(=O)CCCCCCCCCC/C=C\C/C=C\C/C=C\C/C=C\C/C=C\C/C=C\CC)OC(=O)CCCCCCCCC/C=C\C/C=C\C/C=C\C/C=C\C/C=C\CC. The zero-order valence-corrected chi connectivity index (χ0v) is 77.7. The van der Waals surface area contributed by atoms with Gasteiger partial charge in [-0.15, -0.1) is 0 Å². The maximum Gasteiger partial charge on any atom is 0.472 e. The summed E-state index contributed by atoms with van der Waals surface area (Å²) in [5.41, 5.74) is 0. The Kier molecular flexibility index (Phi) is 88.8. The normalized spacial score (nSPS) is 14.7. The van der Waals surface area contributed by atoms with Gasteiger partial charge in [-0.3, -0.25) is 32.5 Å². The fraction of sp³-hybridized carbons (Fsp3) is 0.641. The summed E-state index contributed by atoms with van der Waals surface area (Å²) in [6.45, 7) is 2.35. The van der Waals surface area contributed by atoms with E-state index < -0.39 is 91.5 Å². The number of carbonyl (C=O) groups is 3. The highest BCUT2D eigenvalue weighted by molar-refractivity contribution is 7.47. The van der Waals surface area contributed by atoms with Gasteiger partial charge in [-0.1, -0.05) is 388 Å². The quantitative estimate of drug-likeness (QED) is 0.0146. The average molecular weight is 1730 g/mol. The van der Waals surface area contributed by atoms with Crippen molar-refractivity contribution in [3.63, 3.8) is 0 Å². The second-order valence-electron chi connectivity index (χ2n) is 31.0. The summed E-state index contributed by atoms with van der Waals surface area (Å²) >= 11 is 0. The van der Waals surface area contributed by atoms with Crippen molar-refractivity contribution in [1.82, 2.24) is 0 Å². The van der Waals surface area contributed by atoms with Gasteiger partial charge < -0.3 is 34.2 Å². The Hall–Kier alpha value is -5.87. The molecule has 0 radical (unpaired) electrons. The number of ether oxygens (including phenoxy) is 3. The van der Waals surface area contributed by atoms with E-state index >= 15 is 0 Å². The second kappa shape index (κ2) is 93.3. The summed E-state index contributed by atoms with van der Waals surface area (Å²) in [6, 6.07) is 0. The van der Waals surface area contributed by atoms with Crippen molar-refractivity contribution in [3.05, 3.63) is 207 Å². The van der Waals surface area contributed by atoms with Crippen molar-refractivity contribution in [3.8, 4) is 0 Å². The fourth-order valence-electron chi connectivity index (χ4n) is 12.4. The lowest BCUT2D eigenvalue weighted by atomic mass is 10.0. The maximum atomic E-state index is 13.1. The van der Waals surface area contributed by atoms with Crippen LogP contribution in [-0.4, -0.2) is 95.9 Å². The highest BCUT2D eigenvalue weighted by atomic mass is 31.2. The zero-order chi connectivity index (χ0) is 87.9. The van der Waals surface area contributed by atoms with Crippen LogP contribution in [0.2, 0.25) is 0 Å². The van der Waals surface area contributed by atoms with E-state index in [2.05, 4.69) is 227 Å². The molecule has 0 amide bonds. The van der Waals surface area contributed by atoms with Crippen LogP contribution in [0.25, 0.3) is 0 Å². The van der Waals surface area contributed by atoms with Gasteiger partial charge in [-0.25, -0.2) is 9.13 Å². The van der Waals surface area contributed by atoms with E-state index in [4.69, 9.17) is 32.3 Å². The highest BCUT2D eigenvalue weighted by Gasteiger charge is 2.29. The minimum atomic E-state index is -4.95. The van der Waals surface area contributed by atoms with Crippen molar-refractivity contribution in [1.29, 1.82) is 0 Å². The number of aliphatic hydroxyl groups is 2. The second-order valence-corrected chi connectivity index (χ2v) is 33.9. The first-order chi connectivity index (χ1) is 59.2. The van der Waals surface area contributed by atoms with E-state index in [1.807, 2.05) is 0 Å². The Morgan fingerprint density at radius 3 is 0.653 bits per heavy atom. The molecular formula is C103H170O16P2. The summed E-state index contributed by atoms with van der Waals surface area (Å²) in [5, 5.41) is 20.8. The number of phosphoric ester groups is 2. The topological polar surface area (TPSA) is 231 Å². The predicted molar refractivity (Wildman–Crippen MR) is 509 cm³/mol. The smallest absolute Gasteiger partial charge is 0.463 e. The minimum absolute atomic E-state index is 0.0825. The van der Waals surface area contributed by atoms with Crippen LogP contribution in [0.1, 0.15) is 367 Å². The molecule has 5 atom stereocenters. The van der Waals surface area contributed by atoms with Crippen molar-refractivity contribution < 1.29 is 75.8 Å². The molecule has 0 fully saturated rings. The van der Waals surface area contributed by atoms with E-state index in [0.29, 0.717) is 19.3 Å². The molecule has 688 valence electrons. The summed E-state index contributed by atoms with van der Waals surface area (Å²) in [5.74, 6) is -1.60. The number of hydrogen-bond acceptors (Lipinski definition) is 14. The van der Waals surface area contributed by atoms with E-state index in [1.165, 1.54) is 89.9 Å². The molecule has 0 aromatic rings. The number of allylic oxidation sites excluding steroid dienone is 34. The van der Waals surface area contributed by atoms with E-state index in [-0.39, 0.29) is 19.3 Å². The molecule has 0 saturated heterocycles. The van der Waals surface area contributed by atoms with Crippen molar-refractivity contribution in [2.75, 3.05) is 39.6 Å². The lowest BCUT2D eigenvalue weighted by Gasteiger charge is -2.21. The molecule has 0 aliphatic rings. The van der Waals surface area contributed by atoms with Gasteiger partial charge >= 0.3 is 33.6 Å². The van der Waals surface area contributed by atoms with Crippen LogP contribution >= 0.6 is 15.6 Å². The van der Waals surface area contributed by atoms with Crippen LogP contribution in [0.15, 0.2) is 207 Å². The summed E-state index contributed by atoms with van der Waals surface area (Å²) in [7, 11) is -9.83. The van der Waals surface area contributed by atoms with E-state index in [9.17, 15) is 43.5 Å². The molecule has 4 N–H and O–H groups in total. The van der Waals surface area contributed by atoms with Crippen LogP contribution in [-0.2, 0) is 55.8 Å². The fourth-order valence-corrected chi connectivity index (χ4v) is 14.0. The van der Waals surface area contributed by atoms with Gasteiger partial charge in [0.1, 0.15) is 25.4 Å². The van der Waals surface area contributed by atoms with Crippen molar-refractivity contribution in [2.24, 2.45) is 0 Å². The molecule has 0 aliphatic heterocycles. The van der Waals surface area contributed by atoms with Gasteiger partial charge in [-0.2, -0.15) is 0 Å². The molecule has 18 heteroatoms. The number of hydrogen-bond donors (Lipinski definition) is 4. The third-order valence-electron chi connectivity index (χ3n) is 19.5. The summed E-state index contributed by atoms with van der Waals surface area (Å²) in [6.07, 6.45) is 126. The molecule has 0 saturated carbocycles. The monoisotopic (exact) mass is 1730 g/mol. The summed E-state index contributed by atoms with van der Waals surface area (Å²) < 4.78 is 61.5. The first-order valence-electron chi connectivity index (χ1n) is 47.4. The van der Waals surface area contributed by atoms with Crippen molar-refractivity contribution in [2.45, 2.75) is 386 Å². The van der Waals surface area contributed by atoms with Crippen LogP contribution < -0.4 is 0 Å². The van der Waals surface area contributed by atoms with Gasteiger partial charge in [0, 0.05) is 19.3 Å². The number of esters is 3. The Balaban J connectivity index is 4.60. The van der Waals surface area contributed by atoms with Gasteiger partial charge in [0.25, 0.3) is 0 Å². The molecule has 0 spiro atoms. The third-order valence-corrected chi connectivity index (χ3v) is 21.4. The average Bonchev–Trinajstić information content (AvgIpc) is 0.870. The Morgan fingerprint density at radius 1 is 0.231 bits per heavy atom. The van der Waals surface area contributed by atoms with Crippen LogP contribution in [0.4, 0.5) is 0 Å². The number of rotatable bonds is 88. The Bertz CT molecular complexity index is 3030. The molecule has 0 aliphatic carbocycles. The minimum Gasteiger partial charge on any atom is -0.463 e.